The van der Waals surface area contributed by atoms with E-state index >= 15 is 0 Å². The van der Waals surface area contributed by atoms with Crippen molar-refractivity contribution < 1.29 is 9.53 Å². The Balaban J connectivity index is 0.00000261. The quantitative estimate of drug-likeness (QED) is 0.647. The Morgan fingerprint density at radius 3 is 2.74 bits per heavy atom. The Bertz CT molecular complexity index is 573. The standard InChI is InChI=1S/C21H34N2O2S.ClH/c1-16(2)12-17(3)25-10-4-20(24)23(14-18-5-11-26-15-18)19-13-21(19)6-8-22-9-7-21;/h5,11,15-17,19,22H,4,6-10,12-14H2,1-3H3;1H. The summed E-state index contributed by atoms with van der Waals surface area (Å²) in [5, 5.41) is 7.72. The maximum Gasteiger partial charge on any atom is 0.225 e. The number of thiophene rings is 1. The van der Waals surface area contributed by atoms with Gasteiger partial charge >= 0.3 is 0 Å². The van der Waals surface area contributed by atoms with E-state index in [9.17, 15) is 4.79 Å². The van der Waals surface area contributed by atoms with Gasteiger partial charge in [0.05, 0.1) is 19.1 Å². The van der Waals surface area contributed by atoms with E-state index in [0.29, 0.717) is 30.4 Å². The zero-order valence-electron chi connectivity index (χ0n) is 16.9. The molecule has 154 valence electrons. The first-order valence-corrected chi connectivity index (χ1v) is 11.1. The summed E-state index contributed by atoms with van der Waals surface area (Å²) >= 11 is 1.71. The van der Waals surface area contributed by atoms with Gasteiger partial charge in [0.1, 0.15) is 0 Å². The molecule has 1 aliphatic heterocycles. The fourth-order valence-electron chi connectivity index (χ4n) is 4.40. The van der Waals surface area contributed by atoms with Gasteiger partial charge in [-0.05, 0) is 79.4 Å². The molecule has 1 aromatic heterocycles. The highest BCUT2D eigenvalue weighted by atomic mass is 35.5. The summed E-state index contributed by atoms with van der Waals surface area (Å²) in [6.45, 7) is 9.99. The van der Waals surface area contributed by atoms with Crippen molar-refractivity contribution in [2.75, 3.05) is 19.7 Å². The maximum atomic E-state index is 13.0. The van der Waals surface area contributed by atoms with Gasteiger partial charge in [0.25, 0.3) is 0 Å². The molecule has 3 rings (SSSR count). The molecular formula is C21H35ClN2O2S. The average Bonchev–Trinajstić information content (AvgIpc) is 3.03. The van der Waals surface area contributed by atoms with Crippen LogP contribution in [-0.4, -0.2) is 42.6 Å². The van der Waals surface area contributed by atoms with Gasteiger partial charge < -0.3 is 15.0 Å². The van der Waals surface area contributed by atoms with Crippen LogP contribution in [0.5, 0.6) is 0 Å². The van der Waals surface area contributed by atoms with E-state index < -0.39 is 0 Å². The van der Waals surface area contributed by atoms with Crippen LogP contribution in [0.2, 0.25) is 0 Å². The SMILES string of the molecule is CC(C)CC(C)OCCC(=O)N(Cc1ccsc1)C1CC12CCNCC2.Cl. The number of hydrogen-bond acceptors (Lipinski definition) is 4. The number of amides is 1. The highest BCUT2D eigenvalue weighted by Crippen LogP contribution is 2.56. The van der Waals surface area contributed by atoms with Crippen LogP contribution in [0.15, 0.2) is 16.8 Å². The molecule has 0 aromatic carbocycles. The van der Waals surface area contributed by atoms with Gasteiger partial charge in [-0.1, -0.05) is 13.8 Å². The minimum atomic E-state index is 0. The summed E-state index contributed by atoms with van der Waals surface area (Å²) in [6, 6.07) is 2.56. The van der Waals surface area contributed by atoms with Crippen LogP contribution in [0, 0.1) is 11.3 Å². The van der Waals surface area contributed by atoms with E-state index in [1.165, 1.54) is 24.8 Å². The highest BCUT2D eigenvalue weighted by molar-refractivity contribution is 7.07. The second-order valence-corrected chi connectivity index (χ2v) is 9.33. The molecule has 27 heavy (non-hydrogen) atoms. The number of nitrogens with zero attached hydrogens (tertiary/aromatic N) is 1. The highest BCUT2D eigenvalue weighted by Gasteiger charge is 2.57. The van der Waals surface area contributed by atoms with Gasteiger partial charge in [0.15, 0.2) is 0 Å². The monoisotopic (exact) mass is 414 g/mol. The summed E-state index contributed by atoms with van der Waals surface area (Å²) in [4.78, 5) is 15.2. The third kappa shape index (κ3) is 6.18. The average molecular weight is 415 g/mol. The number of rotatable bonds is 9. The molecular weight excluding hydrogens is 380 g/mol. The first-order valence-electron chi connectivity index (χ1n) is 10.1. The molecule has 0 radical (unpaired) electrons. The Morgan fingerprint density at radius 1 is 1.37 bits per heavy atom. The van der Waals surface area contributed by atoms with Crippen molar-refractivity contribution in [2.24, 2.45) is 11.3 Å². The molecule has 0 bridgehead atoms. The Hall–Kier alpha value is -0.620. The largest absolute Gasteiger partial charge is 0.378 e. The molecule has 1 saturated carbocycles. The van der Waals surface area contributed by atoms with Crippen LogP contribution in [-0.2, 0) is 16.1 Å². The second kappa shape index (κ2) is 10.2. The lowest BCUT2D eigenvalue weighted by atomic mass is 9.93. The lowest BCUT2D eigenvalue weighted by Gasteiger charge is -2.30. The summed E-state index contributed by atoms with van der Waals surface area (Å²) in [6.07, 6.45) is 5.35. The van der Waals surface area contributed by atoms with E-state index in [1.807, 2.05) is 0 Å². The number of hydrogen-bond donors (Lipinski definition) is 1. The molecule has 1 amide bonds. The number of carbonyl (C=O) groups excluding carboxylic acids is 1. The van der Waals surface area contributed by atoms with Crippen molar-refractivity contribution in [3.63, 3.8) is 0 Å². The number of ether oxygens (including phenoxy) is 1. The molecule has 1 aromatic rings. The predicted molar refractivity (Wildman–Crippen MR) is 115 cm³/mol. The van der Waals surface area contributed by atoms with Crippen molar-refractivity contribution in [2.45, 2.75) is 71.6 Å². The predicted octanol–water partition coefficient (Wildman–Crippen LogP) is 4.48. The molecule has 1 N–H and O–H groups in total. The van der Waals surface area contributed by atoms with Gasteiger partial charge in [0, 0.05) is 12.6 Å². The van der Waals surface area contributed by atoms with Crippen LogP contribution in [0.1, 0.15) is 58.4 Å². The fraction of sp³-hybridized carbons (Fsp3) is 0.762. The van der Waals surface area contributed by atoms with Crippen LogP contribution >= 0.6 is 23.7 Å². The molecule has 1 aliphatic carbocycles. The number of nitrogens with one attached hydrogen (secondary N) is 1. The van der Waals surface area contributed by atoms with Gasteiger partial charge in [-0.25, -0.2) is 0 Å². The third-order valence-electron chi connectivity index (χ3n) is 5.90. The molecule has 4 nitrogen and oxygen atoms in total. The number of carbonyl (C=O) groups is 1. The van der Waals surface area contributed by atoms with E-state index in [-0.39, 0.29) is 24.4 Å². The van der Waals surface area contributed by atoms with Gasteiger partial charge in [-0.3, -0.25) is 4.79 Å². The first-order chi connectivity index (χ1) is 12.5. The molecule has 2 atom stereocenters. The minimum absolute atomic E-state index is 0. The molecule has 2 aliphatic rings. The smallest absolute Gasteiger partial charge is 0.225 e. The zero-order valence-corrected chi connectivity index (χ0v) is 18.5. The minimum Gasteiger partial charge on any atom is -0.378 e. The van der Waals surface area contributed by atoms with E-state index in [2.05, 4.69) is 47.8 Å². The molecule has 2 fully saturated rings. The Morgan fingerprint density at radius 2 is 2.11 bits per heavy atom. The summed E-state index contributed by atoms with van der Waals surface area (Å²) < 4.78 is 5.89. The van der Waals surface area contributed by atoms with Crippen molar-refractivity contribution in [1.82, 2.24) is 10.2 Å². The molecule has 6 heteroatoms. The molecule has 1 saturated heterocycles. The first kappa shape index (κ1) is 22.7. The molecule has 1 spiro atoms. The van der Waals surface area contributed by atoms with Crippen LogP contribution in [0.3, 0.4) is 0 Å². The second-order valence-electron chi connectivity index (χ2n) is 8.55. The lowest BCUT2D eigenvalue weighted by molar-refractivity contribution is -0.134. The van der Waals surface area contributed by atoms with Gasteiger partial charge in [0.2, 0.25) is 5.91 Å². The number of piperidine rings is 1. The van der Waals surface area contributed by atoms with E-state index in [0.717, 1.165) is 26.1 Å². The van der Waals surface area contributed by atoms with Gasteiger partial charge in [-0.2, -0.15) is 11.3 Å². The topological polar surface area (TPSA) is 41.6 Å². The maximum absolute atomic E-state index is 13.0. The van der Waals surface area contributed by atoms with Crippen molar-refractivity contribution in [1.29, 1.82) is 0 Å². The lowest BCUT2D eigenvalue weighted by Crippen LogP contribution is -2.39. The summed E-state index contributed by atoms with van der Waals surface area (Å²) in [7, 11) is 0. The van der Waals surface area contributed by atoms with E-state index in [1.54, 1.807) is 11.3 Å². The number of halogens is 1. The third-order valence-corrected chi connectivity index (χ3v) is 6.63. The zero-order chi connectivity index (χ0) is 18.6. The van der Waals surface area contributed by atoms with Crippen molar-refractivity contribution in [3.8, 4) is 0 Å². The van der Waals surface area contributed by atoms with Crippen LogP contribution in [0.4, 0.5) is 0 Å². The summed E-state index contributed by atoms with van der Waals surface area (Å²) in [5.41, 5.74) is 1.64. The summed E-state index contributed by atoms with van der Waals surface area (Å²) in [5.74, 6) is 0.885. The molecule has 2 unspecified atom stereocenters. The normalized spacial score (nSPS) is 21.7. The fourth-order valence-corrected chi connectivity index (χ4v) is 5.06. The Kier molecular flexibility index (Phi) is 8.60. The van der Waals surface area contributed by atoms with Crippen molar-refractivity contribution in [3.05, 3.63) is 22.4 Å². The van der Waals surface area contributed by atoms with Crippen LogP contribution < -0.4 is 5.32 Å². The van der Waals surface area contributed by atoms with Gasteiger partial charge in [-0.15, -0.1) is 12.4 Å². The van der Waals surface area contributed by atoms with Crippen LogP contribution in [0.25, 0.3) is 0 Å². The van der Waals surface area contributed by atoms with E-state index in [4.69, 9.17) is 4.74 Å². The molecule has 2 heterocycles. The van der Waals surface area contributed by atoms with Crippen molar-refractivity contribution >= 4 is 29.7 Å². The Labute approximate surface area is 174 Å².